The van der Waals surface area contributed by atoms with E-state index in [0.717, 1.165) is 33.5 Å². The van der Waals surface area contributed by atoms with Crippen LogP contribution in [0.1, 0.15) is 11.3 Å². The highest BCUT2D eigenvalue weighted by Gasteiger charge is 2.14. The van der Waals surface area contributed by atoms with E-state index in [1.165, 1.54) is 11.3 Å². The highest BCUT2D eigenvalue weighted by molar-refractivity contribution is 6.30. The van der Waals surface area contributed by atoms with Crippen LogP contribution in [0.3, 0.4) is 0 Å². The van der Waals surface area contributed by atoms with Crippen molar-refractivity contribution in [1.82, 2.24) is 9.88 Å². The maximum absolute atomic E-state index is 6.03. The molecule has 2 aromatic carbocycles. The lowest BCUT2D eigenvalue weighted by atomic mass is 10.1. The molecule has 0 saturated carbocycles. The van der Waals surface area contributed by atoms with Crippen molar-refractivity contribution in [2.75, 3.05) is 7.05 Å². The van der Waals surface area contributed by atoms with Crippen LogP contribution in [0.5, 0.6) is 0 Å². The van der Waals surface area contributed by atoms with Crippen LogP contribution >= 0.6 is 23.2 Å². The molecule has 0 radical (unpaired) electrons. The Balaban J connectivity index is 2.19. The Morgan fingerprint density at radius 3 is 2.04 bits per heavy atom. The lowest BCUT2D eigenvalue weighted by molar-refractivity contribution is 0.807. The van der Waals surface area contributed by atoms with E-state index in [2.05, 4.69) is 22.9 Å². The van der Waals surface area contributed by atoms with E-state index >= 15 is 0 Å². The molecule has 0 aliphatic carbocycles. The second-order valence-corrected chi connectivity index (χ2v) is 6.36. The molecule has 0 fully saturated rings. The maximum atomic E-state index is 6.03. The second kappa shape index (κ2) is 6.79. The van der Waals surface area contributed by atoms with Gasteiger partial charge in [0.15, 0.2) is 0 Å². The molecule has 0 bridgehead atoms. The fourth-order valence-electron chi connectivity index (χ4n) is 2.78. The van der Waals surface area contributed by atoms with Crippen LogP contribution in [-0.4, -0.2) is 11.6 Å². The first-order valence-electron chi connectivity index (χ1n) is 7.48. The van der Waals surface area contributed by atoms with E-state index in [4.69, 9.17) is 23.2 Å². The second-order valence-electron chi connectivity index (χ2n) is 5.49. The first-order valence-corrected chi connectivity index (χ1v) is 8.23. The number of aromatic nitrogens is 1. The Morgan fingerprint density at radius 2 is 1.48 bits per heavy atom. The molecule has 1 N–H and O–H groups in total. The SMILES string of the molecule is CNCc1cc(-c2ccc(Cl)cc2)n(-c2ccc(Cl)cc2)c1C. The third kappa shape index (κ3) is 3.30. The summed E-state index contributed by atoms with van der Waals surface area (Å²) in [5.74, 6) is 0. The van der Waals surface area contributed by atoms with Gasteiger partial charge in [-0.05, 0) is 67.6 Å². The van der Waals surface area contributed by atoms with Gasteiger partial charge in [0.25, 0.3) is 0 Å². The van der Waals surface area contributed by atoms with Crippen molar-refractivity contribution < 1.29 is 0 Å². The van der Waals surface area contributed by atoms with Gasteiger partial charge in [-0.3, -0.25) is 0 Å². The molecule has 1 heterocycles. The van der Waals surface area contributed by atoms with E-state index in [1.807, 2.05) is 55.6 Å². The van der Waals surface area contributed by atoms with Gasteiger partial charge < -0.3 is 9.88 Å². The predicted octanol–water partition coefficient (Wildman–Crippen LogP) is 5.48. The maximum Gasteiger partial charge on any atom is 0.0534 e. The van der Waals surface area contributed by atoms with Gasteiger partial charge in [-0.1, -0.05) is 35.3 Å². The minimum atomic E-state index is 0.738. The zero-order chi connectivity index (χ0) is 16.4. The van der Waals surface area contributed by atoms with Gasteiger partial charge in [0, 0.05) is 28.0 Å². The molecule has 0 unspecified atom stereocenters. The molecular formula is C19H18Cl2N2. The van der Waals surface area contributed by atoms with E-state index in [-0.39, 0.29) is 0 Å². The van der Waals surface area contributed by atoms with Crippen molar-refractivity contribution in [3.05, 3.63) is 75.9 Å². The smallest absolute Gasteiger partial charge is 0.0534 e. The molecule has 4 heteroatoms. The zero-order valence-electron chi connectivity index (χ0n) is 13.1. The molecule has 3 aromatic rings. The summed E-state index contributed by atoms with van der Waals surface area (Å²) in [5.41, 5.74) is 5.86. The average molecular weight is 345 g/mol. The van der Waals surface area contributed by atoms with Crippen LogP contribution in [0.4, 0.5) is 0 Å². The number of benzene rings is 2. The summed E-state index contributed by atoms with van der Waals surface area (Å²) in [7, 11) is 1.96. The zero-order valence-corrected chi connectivity index (χ0v) is 14.6. The number of halogens is 2. The lowest BCUT2D eigenvalue weighted by Crippen LogP contribution is -2.06. The van der Waals surface area contributed by atoms with Crippen molar-refractivity contribution in [3.63, 3.8) is 0 Å². The first kappa shape index (κ1) is 16.1. The molecule has 0 amide bonds. The summed E-state index contributed by atoms with van der Waals surface area (Å²) >= 11 is 12.1. The predicted molar refractivity (Wildman–Crippen MR) is 98.7 cm³/mol. The monoisotopic (exact) mass is 344 g/mol. The summed E-state index contributed by atoms with van der Waals surface area (Å²) < 4.78 is 2.26. The number of nitrogens with one attached hydrogen (secondary N) is 1. The summed E-state index contributed by atoms with van der Waals surface area (Å²) in [6.45, 7) is 2.97. The fourth-order valence-corrected chi connectivity index (χ4v) is 3.04. The van der Waals surface area contributed by atoms with Gasteiger partial charge in [0.2, 0.25) is 0 Å². The number of rotatable bonds is 4. The van der Waals surface area contributed by atoms with Crippen LogP contribution < -0.4 is 5.32 Å². The van der Waals surface area contributed by atoms with Crippen LogP contribution in [0.25, 0.3) is 16.9 Å². The van der Waals surface area contributed by atoms with E-state index < -0.39 is 0 Å². The average Bonchev–Trinajstić information content (AvgIpc) is 2.86. The Kier molecular flexibility index (Phi) is 4.76. The van der Waals surface area contributed by atoms with Crippen molar-refractivity contribution in [2.45, 2.75) is 13.5 Å². The van der Waals surface area contributed by atoms with Crippen LogP contribution in [0.2, 0.25) is 10.0 Å². The van der Waals surface area contributed by atoms with Crippen molar-refractivity contribution in [3.8, 4) is 16.9 Å². The summed E-state index contributed by atoms with van der Waals surface area (Å²) in [4.78, 5) is 0. The summed E-state index contributed by atoms with van der Waals surface area (Å²) in [6.07, 6.45) is 0. The summed E-state index contributed by atoms with van der Waals surface area (Å²) in [6, 6.07) is 18.1. The highest BCUT2D eigenvalue weighted by Crippen LogP contribution is 2.30. The molecule has 1 aromatic heterocycles. The van der Waals surface area contributed by atoms with Crippen molar-refractivity contribution >= 4 is 23.2 Å². The number of hydrogen-bond acceptors (Lipinski definition) is 1. The molecule has 3 rings (SSSR count). The molecule has 23 heavy (non-hydrogen) atoms. The van der Waals surface area contributed by atoms with Crippen LogP contribution in [-0.2, 0) is 6.54 Å². The summed E-state index contributed by atoms with van der Waals surface area (Å²) in [5, 5.41) is 4.71. The molecule has 2 nitrogen and oxygen atoms in total. The van der Waals surface area contributed by atoms with E-state index in [9.17, 15) is 0 Å². The quantitative estimate of drug-likeness (QED) is 0.663. The minimum Gasteiger partial charge on any atom is -0.316 e. The molecular weight excluding hydrogens is 327 g/mol. The fraction of sp³-hybridized carbons (Fsp3) is 0.158. The lowest BCUT2D eigenvalue weighted by Gasteiger charge is -2.13. The third-order valence-electron chi connectivity index (χ3n) is 3.94. The molecule has 0 saturated heterocycles. The standard InChI is InChI=1S/C19H18Cl2N2/c1-13-15(12-22-2)11-19(14-3-5-16(20)6-4-14)23(13)18-9-7-17(21)8-10-18/h3-11,22H,12H2,1-2H3. The third-order valence-corrected chi connectivity index (χ3v) is 4.45. The van der Waals surface area contributed by atoms with Crippen LogP contribution in [0.15, 0.2) is 54.6 Å². The Morgan fingerprint density at radius 1 is 0.913 bits per heavy atom. The Hall–Kier alpha value is -1.74. The van der Waals surface area contributed by atoms with Crippen molar-refractivity contribution in [2.24, 2.45) is 0 Å². The normalized spacial score (nSPS) is 11.0. The number of hydrogen-bond donors (Lipinski definition) is 1. The van der Waals surface area contributed by atoms with Crippen LogP contribution in [0, 0.1) is 6.92 Å². The molecule has 0 aliphatic rings. The van der Waals surface area contributed by atoms with Crippen molar-refractivity contribution in [1.29, 1.82) is 0 Å². The largest absolute Gasteiger partial charge is 0.316 e. The van der Waals surface area contributed by atoms with Gasteiger partial charge in [0.05, 0.1) is 5.69 Å². The molecule has 0 atom stereocenters. The van der Waals surface area contributed by atoms with E-state index in [0.29, 0.717) is 0 Å². The Labute approximate surface area is 146 Å². The molecule has 0 aliphatic heterocycles. The molecule has 0 spiro atoms. The van der Waals surface area contributed by atoms with Gasteiger partial charge in [-0.2, -0.15) is 0 Å². The first-order chi connectivity index (χ1) is 11.1. The highest BCUT2D eigenvalue weighted by atomic mass is 35.5. The molecule has 118 valence electrons. The van der Waals surface area contributed by atoms with E-state index in [1.54, 1.807) is 0 Å². The minimum absolute atomic E-state index is 0.738. The number of nitrogens with zero attached hydrogens (tertiary/aromatic N) is 1. The van der Waals surface area contributed by atoms with Gasteiger partial charge in [-0.15, -0.1) is 0 Å². The van der Waals surface area contributed by atoms with Gasteiger partial charge >= 0.3 is 0 Å². The van der Waals surface area contributed by atoms with Gasteiger partial charge in [0.1, 0.15) is 0 Å². The Bertz CT molecular complexity index is 803. The topological polar surface area (TPSA) is 17.0 Å². The van der Waals surface area contributed by atoms with Gasteiger partial charge in [-0.25, -0.2) is 0 Å².